The highest BCUT2D eigenvalue weighted by Gasteiger charge is 2.31. The lowest BCUT2D eigenvalue weighted by Gasteiger charge is -2.25. The number of benzene rings is 1. The van der Waals surface area contributed by atoms with Gasteiger partial charge in [0.1, 0.15) is 5.78 Å². The van der Waals surface area contributed by atoms with Crippen molar-refractivity contribution in [2.24, 2.45) is 0 Å². The highest BCUT2D eigenvalue weighted by atomic mass is 16.5. The van der Waals surface area contributed by atoms with Gasteiger partial charge in [0, 0.05) is 20.1 Å². The van der Waals surface area contributed by atoms with Crippen LogP contribution in [0.25, 0.3) is 0 Å². The number of methoxy groups -OCH3 is 1. The van der Waals surface area contributed by atoms with E-state index < -0.39 is 0 Å². The predicted molar refractivity (Wildman–Crippen MR) is 78.9 cm³/mol. The largest absolute Gasteiger partial charge is 0.380 e. The van der Waals surface area contributed by atoms with Crippen LogP contribution >= 0.6 is 0 Å². The van der Waals surface area contributed by atoms with Crippen LogP contribution in [0.3, 0.4) is 0 Å². The van der Waals surface area contributed by atoms with E-state index in [-0.39, 0.29) is 12.1 Å². The first-order valence-electron chi connectivity index (χ1n) is 7.64. The molecule has 3 nitrogen and oxygen atoms in total. The molecular weight excluding hydrogens is 250 g/mol. The van der Waals surface area contributed by atoms with E-state index in [0.29, 0.717) is 18.1 Å². The molecule has 0 aromatic heterocycles. The number of ketones is 1. The summed E-state index contributed by atoms with van der Waals surface area (Å²) in [5, 5.41) is 3.30. The molecule has 1 aliphatic carbocycles. The van der Waals surface area contributed by atoms with E-state index in [0.717, 1.165) is 25.8 Å². The van der Waals surface area contributed by atoms with Crippen molar-refractivity contribution in [2.45, 2.75) is 50.2 Å². The number of aryl methyl sites for hydroxylation is 1. The van der Waals surface area contributed by atoms with Gasteiger partial charge in [0.25, 0.3) is 0 Å². The Kier molecular flexibility index (Phi) is 4.18. The molecule has 1 N–H and O–H groups in total. The Labute approximate surface area is 120 Å². The van der Waals surface area contributed by atoms with Gasteiger partial charge in [-0.3, -0.25) is 4.79 Å². The Morgan fingerprint density at radius 3 is 3.05 bits per heavy atom. The highest BCUT2D eigenvalue weighted by molar-refractivity contribution is 5.85. The Balaban J connectivity index is 1.65. The van der Waals surface area contributed by atoms with Gasteiger partial charge in [-0.2, -0.15) is 0 Å². The molecule has 108 valence electrons. The highest BCUT2D eigenvalue weighted by Crippen LogP contribution is 2.34. The van der Waals surface area contributed by atoms with Crippen molar-refractivity contribution < 1.29 is 9.53 Å². The van der Waals surface area contributed by atoms with Crippen molar-refractivity contribution in [1.82, 2.24) is 5.32 Å². The van der Waals surface area contributed by atoms with Gasteiger partial charge in [0.15, 0.2) is 0 Å². The molecule has 1 aromatic carbocycles. The molecule has 1 saturated heterocycles. The average Bonchev–Trinajstić information content (AvgIpc) is 2.97. The summed E-state index contributed by atoms with van der Waals surface area (Å²) in [6.45, 7) is 0.800. The monoisotopic (exact) mass is 273 g/mol. The van der Waals surface area contributed by atoms with Crippen LogP contribution in [0, 0.1) is 0 Å². The Hall–Kier alpha value is -1.19. The maximum absolute atomic E-state index is 12.5. The van der Waals surface area contributed by atoms with E-state index in [1.807, 2.05) is 0 Å². The molecule has 1 aliphatic heterocycles. The SMILES string of the molecule is COC1CNC(C(=O)CC2CCCc3ccccc32)C1. The molecule has 0 amide bonds. The van der Waals surface area contributed by atoms with Crippen molar-refractivity contribution in [3.63, 3.8) is 0 Å². The van der Waals surface area contributed by atoms with Crippen LogP contribution in [0.2, 0.25) is 0 Å². The smallest absolute Gasteiger partial charge is 0.150 e. The first kappa shape index (κ1) is 13.8. The second-order valence-electron chi connectivity index (χ2n) is 6.01. The van der Waals surface area contributed by atoms with Crippen LogP contribution in [-0.2, 0) is 16.0 Å². The molecule has 3 unspecified atom stereocenters. The van der Waals surface area contributed by atoms with Crippen molar-refractivity contribution >= 4 is 5.78 Å². The lowest BCUT2D eigenvalue weighted by atomic mass is 9.79. The molecule has 0 bridgehead atoms. The number of ether oxygens (including phenoxy) is 1. The number of nitrogens with one attached hydrogen (secondary N) is 1. The molecule has 0 radical (unpaired) electrons. The lowest BCUT2D eigenvalue weighted by molar-refractivity contribution is -0.121. The van der Waals surface area contributed by atoms with Crippen LogP contribution in [-0.4, -0.2) is 31.6 Å². The fraction of sp³-hybridized carbons (Fsp3) is 0.588. The van der Waals surface area contributed by atoms with Crippen LogP contribution in [0.1, 0.15) is 42.7 Å². The third-order valence-corrected chi connectivity index (χ3v) is 4.75. The van der Waals surface area contributed by atoms with Gasteiger partial charge in [0.2, 0.25) is 0 Å². The van der Waals surface area contributed by atoms with Gasteiger partial charge in [-0.25, -0.2) is 0 Å². The van der Waals surface area contributed by atoms with Crippen LogP contribution in [0.4, 0.5) is 0 Å². The topological polar surface area (TPSA) is 38.3 Å². The fourth-order valence-electron chi connectivity index (χ4n) is 3.58. The van der Waals surface area contributed by atoms with Crippen LogP contribution < -0.4 is 5.32 Å². The molecule has 3 rings (SSSR count). The molecule has 1 aromatic rings. The molecular formula is C17H23NO2. The number of hydrogen-bond donors (Lipinski definition) is 1. The zero-order valence-corrected chi connectivity index (χ0v) is 12.1. The maximum atomic E-state index is 12.5. The zero-order chi connectivity index (χ0) is 13.9. The van der Waals surface area contributed by atoms with E-state index in [1.165, 1.54) is 17.5 Å². The molecule has 2 aliphatic rings. The number of Topliss-reactive ketones (excluding diaryl/α,β-unsaturated/α-hetero) is 1. The van der Waals surface area contributed by atoms with E-state index in [9.17, 15) is 4.79 Å². The van der Waals surface area contributed by atoms with Gasteiger partial charge in [-0.15, -0.1) is 0 Å². The number of rotatable bonds is 4. The van der Waals surface area contributed by atoms with E-state index in [4.69, 9.17) is 4.74 Å². The quantitative estimate of drug-likeness (QED) is 0.915. The number of carbonyl (C=O) groups excluding carboxylic acids is 1. The molecule has 3 atom stereocenters. The van der Waals surface area contributed by atoms with E-state index >= 15 is 0 Å². The summed E-state index contributed by atoms with van der Waals surface area (Å²) in [6, 6.07) is 8.60. The second kappa shape index (κ2) is 6.06. The minimum absolute atomic E-state index is 0.00552. The van der Waals surface area contributed by atoms with Gasteiger partial charge in [-0.1, -0.05) is 24.3 Å². The van der Waals surface area contributed by atoms with Crippen molar-refractivity contribution in [1.29, 1.82) is 0 Å². The lowest BCUT2D eigenvalue weighted by Crippen LogP contribution is -2.32. The first-order valence-corrected chi connectivity index (χ1v) is 7.64. The summed E-state index contributed by atoms with van der Waals surface area (Å²) >= 11 is 0. The minimum Gasteiger partial charge on any atom is -0.380 e. The zero-order valence-electron chi connectivity index (χ0n) is 12.1. The van der Waals surface area contributed by atoms with Crippen LogP contribution in [0.15, 0.2) is 24.3 Å². The normalized spacial score (nSPS) is 29.1. The number of hydrogen-bond acceptors (Lipinski definition) is 3. The average molecular weight is 273 g/mol. The van der Waals surface area contributed by atoms with Crippen molar-refractivity contribution in [3.05, 3.63) is 35.4 Å². The molecule has 1 heterocycles. The van der Waals surface area contributed by atoms with Crippen molar-refractivity contribution in [3.8, 4) is 0 Å². The summed E-state index contributed by atoms with van der Waals surface area (Å²) in [6.07, 6.45) is 5.20. The third-order valence-electron chi connectivity index (χ3n) is 4.75. The number of carbonyl (C=O) groups is 1. The third kappa shape index (κ3) is 2.79. The van der Waals surface area contributed by atoms with E-state index in [2.05, 4.69) is 29.6 Å². The fourth-order valence-corrected chi connectivity index (χ4v) is 3.58. The van der Waals surface area contributed by atoms with Gasteiger partial charge < -0.3 is 10.1 Å². The molecule has 3 heteroatoms. The van der Waals surface area contributed by atoms with Crippen LogP contribution in [0.5, 0.6) is 0 Å². The standard InChI is InChI=1S/C17H23NO2/c1-20-14-10-16(18-11-14)17(19)9-13-7-4-6-12-5-2-3-8-15(12)13/h2-3,5,8,13-14,16,18H,4,6-7,9-11H2,1H3. The summed E-state index contributed by atoms with van der Waals surface area (Å²) in [7, 11) is 1.72. The summed E-state index contributed by atoms with van der Waals surface area (Å²) < 4.78 is 5.32. The molecule has 20 heavy (non-hydrogen) atoms. The first-order chi connectivity index (χ1) is 9.78. The van der Waals surface area contributed by atoms with Gasteiger partial charge in [0.05, 0.1) is 12.1 Å². The Bertz CT molecular complexity index is 486. The van der Waals surface area contributed by atoms with Crippen molar-refractivity contribution in [2.75, 3.05) is 13.7 Å². The molecule has 1 fully saturated rings. The summed E-state index contributed by atoms with van der Waals surface area (Å²) in [5.74, 6) is 0.766. The maximum Gasteiger partial charge on any atom is 0.150 e. The van der Waals surface area contributed by atoms with Gasteiger partial charge >= 0.3 is 0 Å². The second-order valence-corrected chi connectivity index (χ2v) is 6.01. The molecule has 0 spiro atoms. The summed E-state index contributed by atoms with van der Waals surface area (Å²) in [4.78, 5) is 12.5. The Morgan fingerprint density at radius 1 is 1.40 bits per heavy atom. The Morgan fingerprint density at radius 2 is 2.25 bits per heavy atom. The predicted octanol–water partition coefficient (Wildman–Crippen LogP) is 2.44. The number of fused-ring (bicyclic) bond motifs is 1. The van der Waals surface area contributed by atoms with E-state index in [1.54, 1.807) is 7.11 Å². The minimum atomic E-state index is -0.00552. The van der Waals surface area contributed by atoms with Gasteiger partial charge in [-0.05, 0) is 42.7 Å². The summed E-state index contributed by atoms with van der Waals surface area (Å²) in [5.41, 5.74) is 2.83. The molecule has 0 saturated carbocycles.